The minimum Gasteiger partial charge on any atom is -0.378 e. The molecule has 1 fully saturated rings. The zero-order chi connectivity index (χ0) is 18.8. The molecule has 3 aromatic rings. The maximum absolute atomic E-state index is 12.7. The number of halogens is 1. The fourth-order valence-electron chi connectivity index (χ4n) is 2.73. The van der Waals surface area contributed by atoms with Crippen molar-refractivity contribution in [2.24, 2.45) is 0 Å². The summed E-state index contributed by atoms with van der Waals surface area (Å²) in [4.78, 5) is 35.7. The van der Waals surface area contributed by atoms with Gasteiger partial charge in [0.1, 0.15) is 17.6 Å². The molecule has 4 rings (SSSR count). The molecule has 1 aliphatic rings. The molecule has 1 N–H and O–H groups in total. The van der Waals surface area contributed by atoms with Gasteiger partial charge in [0.05, 0.1) is 13.2 Å². The van der Waals surface area contributed by atoms with E-state index in [2.05, 4.69) is 20.2 Å². The summed E-state index contributed by atoms with van der Waals surface area (Å²) < 4.78 is 7.07. The van der Waals surface area contributed by atoms with Crippen molar-refractivity contribution < 1.29 is 9.53 Å². The maximum atomic E-state index is 12.7. The molecule has 27 heavy (non-hydrogen) atoms. The largest absolute Gasteiger partial charge is 0.378 e. The Kier molecular flexibility index (Phi) is 5.06. The van der Waals surface area contributed by atoms with Crippen molar-refractivity contribution >= 4 is 50.0 Å². The zero-order valence-electron chi connectivity index (χ0n) is 14.2. The first-order chi connectivity index (χ1) is 13.1. The molecule has 3 heterocycles. The normalized spacial score (nSPS) is 14.5. The molecule has 8 nitrogen and oxygen atoms in total. The van der Waals surface area contributed by atoms with Gasteiger partial charge in [0.15, 0.2) is 10.8 Å². The summed E-state index contributed by atoms with van der Waals surface area (Å²) in [6.45, 7) is 2.61. The Labute approximate surface area is 163 Å². The number of rotatable bonds is 4. The van der Waals surface area contributed by atoms with Crippen LogP contribution in [0.25, 0.3) is 10.3 Å². The average molecular weight is 406 g/mol. The van der Waals surface area contributed by atoms with E-state index in [0.29, 0.717) is 34.3 Å². The highest BCUT2D eigenvalue weighted by Gasteiger charge is 2.18. The number of carbonyl (C=O) groups excluding carboxylic acids is 1. The summed E-state index contributed by atoms with van der Waals surface area (Å²) in [7, 11) is 0. The van der Waals surface area contributed by atoms with Crippen molar-refractivity contribution in [2.45, 2.75) is 6.54 Å². The van der Waals surface area contributed by atoms with Crippen LogP contribution in [0.5, 0.6) is 0 Å². The second-order valence-corrected chi connectivity index (χ2v) is 7.40. The van der Waals surface area contributed by atoms with E-state index in [4.69, 9.17) is 16.3 Å². The van der Waals surface area contributed by atoms with Gasteiger partial charge in [0.2, 0.25) is 5.91 Å². The lowest BCUT2D eigenvalue weighted by Crippen LogP contribution is -2.36. The molecular formula is C17H16ClN5O3S. The number of nitrogens with zero attached hydrogens (tertiary/aromatic N) is 4. The summed E-state index contributed by atoms with van der Waals surface area (Å²) in [5.74, 6) is -0.321. The van der Waals surface area contributed by atoms with Crippen molar-refractivity contribution in [1.29, 1.82) is 0 Å². The fraction of sp³-hybridized carbons (Fsp3) is 0.294. The number of thiazole rings is 1. The number of anilines is 2. The van der Waals surface area contributed by atoms with E-state index in [1.54, 1.807) is 24.3 Å². The third kappa shape index (κ3) is 3.95. The summed E-state index contributed by atoms with van der Waals surface area (Å²) in [6, 6.07) is 6.76. The summed E-state index contributed by atoms with van der Waals surface area (Å²) in [5, 5.41) is 4.07. The van der Waals surface area contributed by atoms with Gasteiger partial charge in [-0.3, -0.25) is 14.2 Å². The highest BCUT2D eigenvalue weighted by Crippen LogP contribution is 2.25. The SMILES string of the molecule is O=C(Cn1cnc2nc(N3CCOCC3)sc2c1=O)Nc1ccc(Cl)cc1. The minimum absolute atomic E-state index is 0.130. The van der Waals surface area contributed by atoms with Gasteiger partial charge in [-0.25, -0.2) is 4.98 Å². The summed E-state index contributed by atoms with van der Waals surface area (Å²) in [5.41, 5.74) is 0.739. The molecule has 1 aliphatic heterocycles. The van der Waals surface area contributed by atoms with E-state index in [1.165, 1.54) is 22.2 Å². The standard InChI is InChI=1S/C17H16ClN5O3S/c18-11-1-3-12(4-2-11)20-13(24)9-23-10-19-15-14(16(23)25)27-17(21-15)22-5-7-26-8-6-22/h1-4,10H,5-9H2,(H,20,24). The van der Waals surface area contributed by atoms with E-state index in [-0.39, 0.29) is 18.0 Å². The molecule has 0 bridgehead atoms. The van der Waals surface area contributed by atoms with Crippen molar-refractivity contribution in [3.63, 3.8) is 0 Å². The lowest BCUT2D eigenvalue weighted by molar-refractivity contribution is -0.116. The van der Waals surface area contributed by atoms with Crippen LogP contribution in [0.15, 0.2) is 35.4 Å². The van der Waals surface area contributed by atoms with Crippen LogP contribution in [0, 0.1) is 0 Å². The molecule has 140 valence electrons. The van der Waals surface area contributed by atoms with E-state index < -0.39 is 0 Å². The van der Waals surface area contributed by atoms with Crippen molar-refractivity contribution in [3.05, 3.63) is 46.0 Å². The number of amides is 1. The number of carbonyl (C=O) groups is 1. The lowest BCUT2D eigenvalue weighted by Gasteiger charge is -2.25. The van der Waals surface area contributed by atoms with E-state index in [0.717, 1.165) is 18.2 Å². The second kappa shape index (κ2) is 7.63. The number of nitrogens with one attached hydrogen (secondary N) is 1. The first-order valence-corrected chi connectivity index (χ1v) is 9.54. The van der Waals surface area contributed by atoms with Gasteiger partial charge in [0, 0.05) is 23.8 Å². The highest BCUT2D eigenvalue weighted by molar-refractivity contribution is 7.22. The van der Waals surface area contributed by atoms with Gasteiger partial charge in [-0.15, -0.1) is 0 Å². The molecule has 1 saturated heterocycles. The Morgan fingerprint density at radius 3 is 2.74 bits per heavy atom. The van der Waals surface area contributed by atoms with Gasteiger partial charge in [-0.05, 0) is 24.3 Å². The summed E-state index contributed by atoms with van der Waals surface area (Å²) in [6.07, 6.45) is 1.36. The molecule has 0 aliphatic carbocycles. The van der Waals surface area contributed by atoms with Gasteiger partial charge < -0.3 is 15.0 Å². The van der Waals surface area contributed by atoms with Crippen LogP contribution >= 0.6 is 22.9 Å². The zero-order valence-corrected chi connectivity index (χ0v) is 15.8. The quantitative estimate of drug-likeness (QED) is 0.714. The Bertz CT molecular complexity index is 1030. The van der Waals surface area contributed by atoms with Crippen molar-refractivity contribution in [3.8, 4) is 0 Å². The first-order valence-electron chi connectivity index (χ1n) is 8.34. The van der Waals surface area contributed by atoms with Crippen LogP contribution in [0.1, 0.15) is 0 Å². The maximum Gasteiger partial charge on any atom is 0.273 e. The Morgan fingerprint density at radius 1 is 1.26 bits per heavy atom. The predicted octanol–water partition coefficient (Wildman–Crippen LogP) is 1.98. The Balaban J connectivity index is 1.53. The van der Waals surface area contributed by atoms with Crippen LogP contribution < -0.4 is 15.8 Å². The van der Waals surface area contributed by atoms with Crippen LogP contribution in [0.4, 0.5) is 10.8 Å². The van der Waals surface area contributed by atoms with E-state index in [1.807, 2.05) is 0 Å². The smallest absolute Gasteiger partial charge is 0.273 e. The number of fused-ring (bicyclic) bond motifs is 1. The minimum atomic E-state index is -0.321. The Hall–Kier alpha value is -2.49. The predicted molar refractivity (Wildman–Crippen MR) is 105 cm³/mol. The molecule has 0 atom stereocenters. The molecular weight excluding hydrogens is 390 g/mol. The molecule has 2 aromatic heterocycles. The monoisotopic (exact) mass is 405 g/mol. The molecule has 10 heteroatoms. The van der Waals surface area contributed by atoms with Gasteiger partial charge in [0.25, 0.3) is 5.56 Å². The number of hydrogen-bond donors (Lipinski definition) is 1. The Morgan fingerprint density at radius 2 is 2.00 bits per heavy atom. The number of morpholine rings is 1. The number of benzene rings is 1. The van der Waals surface area contributed by atoms with Crippen molar-refractivity contribution in [1.82, 2.24) is 14.5 Å². The third-order valence-corrected chi connectivity index (χ3v) is 5.44. The van der Waals surface area contributed by atoms with Gasteiger partial charge in [-0.1, -0.05) is 22.9 Å². The summed E-state index contributed by atoms with van der Waals surface area (Å²) >= 11 is 7.13. The number of ether oxygens (including phenoxy) is 1. The molecule has 1 amide bonds. The number of hydrogen-bond acceptors (Lipinski definition) is 7. The molecule has 0 spiro atoms. The average Bonchev–Trinajstić information content (AvgIpc) is 3.12. The van der Waals surface area contributed by atoms with Gasteiger partial charge >= 0.3 is 0 Å². The lowest BCUT2D eigenvalue weighted by atomic mass is 10.3. The topological polar surface area (TPSA) is 89.3 Å². The van der Waals surface area contributed by atoms with Crippen molar-refractivity contribution in [2.75, 3.05) is 36.5 Å². The van der Waals surface area contributed by atoms with E-state index >= 15 is 0 Å². The fourth-order valence-corrected chi connectivity index (χ4v) is 3.87. The van der Waals surface area contributed by atoms with Gasteiger partial charge in [-0.2, -0.15) is 4.98 Å². The van der Waals surface area contributed by atoms with Crippen LogP contribution in [-0.2, 0) is 16.1 Å². The highest BCUT2D eigenvalue weighted by atomic mass is 35.5. The molecule has 0 saturated carbocycles. The molecule has 0 radical (unpaired) electrons. The van der Waals surface area contributed by atoms with Crippen LogP contribution in [0.2, 0.25) is 5.02 Å². The molecule has 0 unspecified atom stereocenters. The van der Waals surface area contributed by atoms with Crippen LogP contribution in [-0.4, -0.2) is 46.7 Å². The van der Waals surface area contributed by atoms with E-state index in [9.17, 15) is 9.59 Å². The first kappa shape index (κ1) is 17.9. The second-order valence-electron chi connectivity index (χ2n) is 5.98. The third-order valence-electron chi connectivity index (χ3n) is 4.10. The molecule has 1 aromatic carbocycles. The van der Waals surface area contributed by atoms with Crippen LogP contribution in [0.3, 0.4) is 0 Å². The number of aromatic nitrogens is 3.